The zero-order valence-corrected chi connectivity index (χ0v) is 40.9. The average molecular weight is 883 g/mol. The van der Waals surface area contributed by atoms with Gasteiger partial charge in [0.25, 0.3) is 0 Å². The molecule has 2 unspecified atom stereocenters. The fourth-order valence-electron chi connectivity index (χ4n) is 11.1. The number of hydrogen-bond donors (Lipinski definition) is 1. The fourth-order valence-corrected chi connectivity index (χ4v) is 11.1. The molecule has 2 aliphatic heterocycles. The van der Waals surface area contributed by atoms with Crippen LogP contribution in [0.2, 0.25) is 0 Å². The van der Waals surface area contributed by atoms with E-state index in [9.17, 15) is 19.5 Å². The van der Waals surface area contributed by atoms with E-state index in [0.717, 1.165) is 44.9 Å². The van der Waals surface area contributed by atoms with E-state index in [1.165, 1.54) is 25.4 Å². The van der Waals surface area contributed by atoms with Crippen LogP contribution < -0.4 is 0 Å². The van der Waals surface area contributed by atoms with E-state index >= 15 is 0 Å². The van der Waals surface area contributed by atoms with Gasteiger partial charge < -0.3 is 38.3 Å². The molecule has 356 valence electrons. The topological polar surface area (TPSA) is 136 Å². The number of carbonyl (C=O) groups excluding carboxylic acids is 3. The molecule has 11 nitrogen and oxygen atoms in total. The van der Waals surface area contributed by atoms with Gasteiger partial charge in [0.15, 0.2) is 11.6 Å². The highest BCUT2D eigenvalue weighted by molar-refractivity contribution is 5.76. The summed E-state index contributed by atoms with van der Waals surface area (Å²) in [6, 6.07) is 0. The first-order valence-corrected chi connectivity index (χ1v) is 24.1. The highest BCUT2D eigenvalue weighted by atomic mass is 16.7. The molecular weight excluding hydrogens is 801 g/mol. The molecule has 4 aliphatic carbocycles. The Balaban J connectivity index is 0.000000243. The second-order valence-electron chi connectivity index (χ2n) is 21.3. The van der Waals surface area contributed by atoms with Gasteiger partial charge in [0, 0.05) is 24.7 Å². The minimum Gasteiger partial charge on any atom is -0.469 e. The number of carbonyl (C=O) groups is 3. The highest BCUT2D eigenvalue weighted by Crippen LogP contribution is 2.47. The first-order chi connectivity index (χ1) is 29.5. The molecule has 0 aromatic carbocycles. The molecule has 0 amide bonds. The normalized spacial score (nSPS) is 36.9. The van der Waals surface area contributed by atoms with Gasteiger partial charge in [0.1, 0.15) is 6.10 Å². The van der Waals surface area contributed by atoms with Gasteiger partial charge in [0.2, 0.25) is 0 Å². The van der Waals surface area contributed by atoms with E-state index in [2.05, 4.69) is 64.2 Å². The maximum atomic E-state index is 13.0. The summed E-state index contributed by atoms with van der Waals surface area (Å²) in [5.74, 6) is 0.746. The van der Waals surface area contributed by atoms with Crippen molar-refractivity contribution in [1.82, 2.24) is 0 Å². The van der Waals surface area contributed by atoms with Crippen LogP contribution in [0.5, 0.6) is 0 Å². The Kier molecular flexibility index (Phi) is 17.6. The first-order valence-electron chi connectivity index (χ1n) is 24.1. The van der Waals surface area contributed by atoms with E-state index in [-0.39, 0.29) is 79.2 Å². The largest absolute Gasteiger partial charge is 0.469 e. The van der Waals surface area contributed by atoms with Gasteiger partial charge >= 0.3 is 17.9 Å². The van der Waals surface area contributed by atoms with Crippen molar-refractivity contribution in [3.63, 3.8) is 0 Å². The number of ether oxygens (including phenoxy) is 7. The third-order valence-electron chi connectivity index (χ3n) is 14.7. The summed E-state index contributed by atoms with van der Waals surface area (Å²) in [5, 5.41) is 10.8. The average Bonchev–Trinajstić information content (AvgIpc) is 3.19. The Bertz CT molecular complexity index is 1690. The number of rotatable bonds is 13. The SMILES string of the molecule is CCC(C)(C)C(=O)O[C@H]1C[C@@H](C)C=C2C=C[C@H](C)[C@H](CC[C@@H]3C[C@H](CC(=O)OC)OC(C)(C)O3)C21.COC(=O)C[C@H]1C[C@@H](CC[C@@H]2C3C(=C[C@H](C)C[C@@H]3O)C=C[C@@H]2C)OC(C)(C)O1. The van der Waals surface area contributed by atoms with Gasteiger partial charge in [-0.3, -0.25) is 14.4 Å². The standard InChI is InChI=1S/C29H46O6.C23H36O5/c1-9-28(4,5)27(31)33-24-15-18(2)14-20-11-10-19(3)23(26(20)24)13-12-21-16-22(17-25(30)32-8)35-29(6,7)34-21;1-14-10-16-7-6-15(2)19(22(16)20(24)11-14)9-8-17-12-18(13-21(25)26-5)28-23(3,4)27-17/h10-11,14,18-19,21-24,26H,9,12-13,15-17H2,1-8H3;6-7,10,14-15,17-20,22,24H,8-9,11-13H2,1-5H3/t18-,19-,21+,22+,23-,24-,26?;14-,15-,17+,18+,19-,20-,22?/m00/s1. The van der Waals surface area contributed by atoms with Crippen LogP contribution in [0, 0.1) is 52.8 Å². The van der Waals surface area contributed by atoms with E-state index < -0.39 is 17.0 Å². The van der Waals surface area contributed by atoms with Gasteiger partial charge in [-0.1, -0.05) is 71.1 Å². The quantitative estimate of drug-likeness (QED) is 0.140. The molecule has 6 aliphatic rings. The number of aliphatic hydroxyl groups is 1. The number of methoxy groups -OCH3 is 2. The van der Waals surface area contributed by atoms with Crippen LogP contribution in [0.1, 0.15) is 147 Å². The van der Waals surface area contributed by atoms with Gasteiger partial charge in [0.05, 0.1) is 63.0 Å². The molecule has 1 N–H and O–H groups in total. The Morgan fingerprint density at radius 1 is 0.667 bits per heavy atom. The summed E-state index contributed by atoms with van der Waals surface area (Å²) in [6.07, 6.45) is 21.0. The van der Waals surface area contributed by atoms with Crippen molar-refractivity contribution < 1.29 is 52.6 Å². The Labute approximate surface area is 379 Å². The second kappa shape index (κ2) is 21.6. The van der Waals surface area contributed by atoms with Crippen LogP contribution in [0.4, 0.5) is 0 Å². The summed E-state index contributed by atoms with van der Waals surface area (Å²) < 4.78 is 40.2. The molecule has 0 spiro atoms. The lowest BCUT2D eigenvalue weighted by Gasteiger charge is -2.45. The molecule has 6 rings (SSSR count). The van der Waals surface area contributed by atoms with Crippen molar-refractivity contribution in [2.24, 2.45) is 52.8 Å². The van der Waals surface area contributed by atoms with E-state index in [1.54, 1.807) is 0 Å². The minimum absolute atomic E-state index is 0.00137. The molecule has 2 saturated heterocycles. The van der Waals surface area contributed by atoms with Crippen LogP contribution in [0.3, 0.4) is 0 Å². The minimum atomic E-state index is -0.741. The van der Waals surface area contributed by atoms with Gasteiger partial charge in [-0.15, -0.1) is 0 Å². The highest BCUT2D eigenvalue weighted by Gasteiger charge is 2.45. The molecule has 11 heteroatoms. The molecule has 2 heterocycles. The van der Waals surface area contributed by atoms with Crippen LogP contribution in [-0.2, 0) is 47.5 Å². The lowest BCUT2D eigenvalue weighted by Crippen LogP contribution is -2.46. The van der Waals surface area contributed by atoms with Crippen molar-refractivity contribution in [2.45, 2.75) is 195 Å². The zero-order chi connectivity index (χ0) is 46.4. The number of aliphatic hydroxyl groups excluding tert-OH is 1. The van der Waals surface area contributed by atoms with Gasteiger partial charge in [-0.25, -0.2) is 0 Å². The van der Waals surface area contributed by atoms with E-state index in [4.69, 9.17) is 33.2 Å². The maximum Gasteiger partial charge on any atom is 0.311 e. The summed E-state index contributed by atoms with van der Waals surface area (Å²) in [7, 11) is 2.81. The summed E-state index contributed by atoms with van der Waals surface area (Å²) >= 11 is 0. The molecule has 0 aromatic rings. The van der Waals surface area contributed by atoms with Crippen LogP contribution in [0.25, 0.3) is 0 Å². The molecule has 0 aromatic heterocycles. The maximum absolute atomic E-state index is 13.0. The lowest BCUT2D eigenvalue weighted by atomic mass is 9.65. The molecular formula is C52H82O11. The summed E-state index contributed by atoms with van der Waals surface area (Å²) in [5.41, 5.74) is 2.12. The number of hydrogen-bond acceptors (Lipinski definition) is 11. The fraction of sp³-hybridized carbons (Fsp3) is 0.788. The third-order valence-corrected chi connectivity index (χ3v) is 14.7. The first kappa shape index (κ1) is 51.2. The second-order valence-corrected chi connectivity index (χ2v) is 21.3. The number of allylic oxidation sites excluding steroid dienone is 6. The molecule has 63 heavy (non-hydrogen) atoms. The van der Waals surface area contributed by atoms with Crippen LogP contribution >= 0.6 is 0 Å². The van der Waals surface area contributed by atoms with Crippen molar-refractivity contribution in [1.29, 1.82) is 0 Å². The molecule has 0 bridgehead atoms. The van der Waals surface area contributed by atoms with Gasteiger partial charge in [-0.2, -0.15) is 0 Å². The zero-order valence-electron chi connectivity index (χ0n) is 40.9. The van der Waals surface area contributed by atoms with Gasteiger partial charge in [-0.05, 0) is 133 Å². The van der Waals surface area contributed by atoms with Crippen LogP contribution in [-0.4, -0.2) is 85.4 Å². The summed E-state index contributed by atoms with van der Waals surface area (Å²) in [6.45, 7) is 22.5. The molecule has 0 radical (unpaired) electrons. The number of fused-ring (bicyclic) bond motifs is 2. The van der Waals surface area contributed by atoms with E-state index in [1.807, 2.05) is 48.5 Å². The Morgan fingerprint density at radius 3 is 1.56 bits per heavy atom. The summed E-state index contributed by atoms with van der Waals surface area (Å²) in [4.78, 5) is 36.6. The van der Waals surface area contributed by atoms with Crippen molar-refractivity contribution >= 4 is 17.9 Å². The molecule has 2 fully saturated rings. The smallest absolute Gasteiger partial charge is 0.311 e. The lowest BCUT2D eigenvalue weighted by molar-refractivity contribution is -0.301. The monoisotopic (exact) mass is 883 g/mol. The predicted molar refractivity (Wildman–Crippen MR) is 243 cm³/mol. The molecule has 0 saturated carbocycles. The van der Waals surface area contributed by atoms with Crippen LogP contribution in [0.15, 0.2) is 47.6 Å². The van der Waals surface area contributed by atoms with E-state index in [0.29, 0.717) is 48.3 Å². The Morgan fingerprint density at radius 2 is 1.10 bits per heavy atom. The Hall–Kier alpha value is -2.83. The predicted octanol–water partition coefficient (Wildman–Crippen LogP) is 10.00. The van der Waals surface area contributed by atoms with Crippen molar-refractivity contribution in [3.05, 3.63) is 47.6 Å². The third kappa shape index (κ3) is 13.8. The van der Waals surface area contributed by atoms with Crippen molar-refractivity contribution in [3.8, 4) is 0 Å². The number of esters is 3. The molecule has 14 atom stereocenters. The van der Waals surface area contributed by atoms with Crippen molar-refractivity contribution in [2.75, 3.05) is 14.2 Å².